The zero-order chi connectivity index (χ0) is 19.8. The van der Waals surface area contributed by atoms with Crippen molar-refractivity contribution in [2.45, 2.75) is 60.5 Å². The zero-order valence-electron chi connectivity index (χ0n) is 16.8. The molecule has 0 rings (SSSR count). The van der Waals surface area contributed by atoms with Crippen molar-refractivity contribution in [1.82, 2.24) is 10.1 Å². The zero-order valence-corrected chi connectivity index (χ0v) is 16.8. The summed E-state index contributed by atoms with van der Waals surface area (Å²) in [4.78, 5) is 37.1. The molecule has 0 aliphatic carbocycles. The van der Waals surface area contributed by atoms with Crippen molar-refractivity contribution in [3.8, 4) is 0 Å². The molecule has 0 fully saturated rings. The molecule has 1 radical (unpaired) electrons. The van der Waals surface area contributed by atoms with Crippen LogP contribution >= 0.6 is 0 Å². The third kappa shape index (κ3) is 7.42. The van der Waals surface area contributed by atoms with Gasteiger partial charge in [0, 0.05) is 12.6 Å². The molecule has 25 heavy (non-hydrogen) atoms. The van der Waals surface area contributed by atoms with Crippen molar-refractivity contribution in [1.29, 1.82) is 0 Å². The number of nitrogens with zero attached hydrogens (tertiary/aromatic N) is 1. The van der Waals surface area contributed by atoms with E-state index < -0.39 is 6.04 Å². The molecule has 1 N–H and O–H groups in total. The number of nitrogens with one attached hydrogen (secondary N) is 1. The highest BCUT2D eigenvalue weighted by Gasteiger charge is 2.35. The van der Waals surface area contributed by atoms with E-state index in [2.05, 4.69) is 5.23 Å². The SMILES string of the molecule is CCOC(=O)C(C)=C[C@H](C(C)C)N(C)C(=O)C(N[B]C=O)C(C)(C)C. The van der Waals surface area contributed by atoms with Crippen molar-refractivity contribution < 1.29 is 19.1 Å². The second kappa shape index (κ2) is 10.4. The largest absolute Gasteiger partial charge is 0.463 e. The molecule has 0 aromatic carbocycles. The van der Waals surface area contributed by atoms with E-state index in [-0.39, 0.29) is 29.3 Å². The van der Waals surface area contributed by atoms with Crippen LogP contribution in [0.1, 0.15) is 48.5 Å². The first kappa shape index (κ1) is 23.4. The van der Waals surface area contributed by atoms with Crippen LogP contribution < -0.4 is 5.23 Å². The van der Waals surface area contributed by atoms with Gasteiger partial charge in [0.05, 0.1) is 24.9 Å². The number of likely N-dealkylation sites (N-methyl/N-ethyl adjacent to an activating group) is 1. The van der Waals surface area contributed by atoms with Gasteiger partial charge in [-0.05, 0) is 25.2 Å². The highest BCUT2D eigenvalue weighted by Crippen LogP contribution is 2.23. The van der Waals surface area contributed by atoms with E-state index in [1.54, 1.807) is 31.9 Å². The van der Waals surface area contributed by atoms with Crippen LogP contribution in [0.5, 0.6) is 0 Å². The Morgan fingerprint density at radius 1 is 1.28 bits per heavy atom. The summed E-state index contributed by atoms with van der Waals surface area (Å²) in [7, 11) is 2.95. The Hall–Kier alpha value is -1.63. The number of ether oxygens (including phenoxy) is 1. The van der Waals surface area contributed by atoms with Gasteiger partial charge < -0.3 is 19.7 Å². The predicted octanol–water partition coefficient (Wildman–Crippen LogP) is 1.79. The maximum absolute atomic E-state index is 13.0. The summed E-state index contributed by atoms with van der Waals surface area (Å²) in [6.07, 6.45) is 2.39. The lowest BCUT2D eigenvalue weighted by Gasteiger charge is -2.37. The van der Waals surface area contributed by atoms with Crippen LogP contribution in [0, 0.1) is 11.3 Å². The molecule has 0 aromatic rings. The van der Waals surface area contributed by atoms with Crippen LogP contribution in [-0.2, 0) is 19.1 Å². The molecule has 6 nitrogen and oxygen atoms in total. The normalized spacial score (nSPS) is 14.7. The highest BCUT2D eigenvalue weighted by molar-refractivity contribution is 6.64. The molecule has 0 saturated heterocycles. The van der Waals surface area contributed by atoms with E-state index >= 15 is 0 Å². The van der Waals surface area contributed by atoms with Crippen molar-refractivity contribution in [2.75, 3.05) is 13.7 Å². The third-order valence-electron chi connectivity index (χ3n) is 3.94. The van der Waals surface area contributed by atoms with Gasteiger partial charge in [0.15, 0.2) is 0 Å². The Labute approximate surface area is 152 Å². The quantitative estimate of drug-likeness (QED) is 0.297. The van der Waals surface area contributed by atoms with Crippen LogP contribution in [0.25, 0.3) is 0 Å². The average molecular weight is 351 g/mol. The first-order valence-corrected chi connectivity index (χ1v) is 8.62. The van der Waals surface area contributed by atoms with Gasteiger partial charge in [0.25, 0.3) is 7.41 Å². The fraction of sp³-hybridized carbons (Fsp3) is 0.722. The number of amides is 1. The summed E-state index contributed by atoms with van der Waals surface area (Å²) in [5.74, 6) is -0.417. The summed E-state index contributed by atoms with van der Waals surface area (Å²) in [5, 5.41) is 2.88. The van der Waals surface area contributed by atoms with Crippen LogP contribution in [0.3, 0.4) is 0 Å². The maximum atomic E-state index is 13.0. The Balaban J connectivity index is 5.53. The van der Waals surface area contributed by atoms with Gasteiger partial charge >= 0.3 is 5.97 Å². The fourth-order valence-electron chi connectivity index (χ4n) is 2.50. The molecule has 0 heterocycles. The lowest BCUT2D eigenvalue weighted by molar-refractivity contribution is -0.139. The van der Waals surface area contributed by atoms with Gasteiger partial charge in [-0.3, -0.25) is 4.79 Å². The molecule has 141 valence electrons. The molecule has 2 atom stereocenters. The second-order valence-corrected chi connectivity index (χ2v) is 7.52. The Morgan fingerprint density at radius 2 is 1.84 bits per heavy atom. The Morgan fingerprint density at radius 3 is 2.24 bits per heavy atom. The molecule has 1 amide bonds. The average Bonchev–Trinajstić information content (AvgIpc) is 2.50. The number of rotatable bonds is 9. The number of hydrogen-bond donors (Lipinski definition) is 1. The molecule has 0 aromatic heterocycles. The van der Waals surface area contributed by atoms with Crippen molar-refractivity contribution in [3.05, 3.63) is 11.6 Å². The smallest absolute Gasteiger partial charge is 0.333 e. The van der Waals surface area contributed by atoms with Crippen LogP contribution in [0.4, 0.5) is 0 Å². The predicted molar refractivity (Wildman–Crippen MR) is 101 cm³/mol. The molecular weight excluding hydrogens is 319 g/mol. The third-order valence-corrected chi connectivity index (χ3v) is 3.94. The number of carbonyl (C=O) groups excluding carboxylic acids is 3. The number of hydrogen-bond acceptors (Lipinski definition) is 5. The molecule has 1 unspecified atom stereocenters. The minimum Gasteiger partial charge on any atom is -0.463 e. The van der Waals surface area contributed by atoms with Gasteiger partial charge in [-0.25, -0.2) is 4.79 Å². The molecule has 0 spiro atoms. The summed E-state index contributed by atoms with van der Waals surface area (Å²) in [5.41, 5.74) is 0.0895. The molecule has 7 heteroatoms. The van der Waals surface area contributed by atoms with Crippen LogP contribution in [-0.4, -0.2) is 56.1 Å². The minimum absolute atomic E-state index is 0.106. The first-order chi connectivity index (χ1) is 11.5. The van der Waals surface area contributed by atoms with Gasteiger partial charge in [0.2, 0.25) is 5.91 Å². The molecule has 0 saturated carbocycles. The monoisotopic (exact) mass is 351 g/mol. The van der Waals surface area contributed by atoms with Crippen molar-refractivity contribution in [2.24, 2.45) is 11.3 Å². The second-order valence-electron chi connectivity index (χ2n) is 7.52. The first-order valence-electron chi connectivity index (χ1n) is 8.62. The van der Waals surface area contributed by atoms with Gasteiger partial charge in [-0.1, -0.05) is 40.7 Å². The molecule has 0 aliphatic rings. The lowest BCUT2D eigenvalue weighted by Crippen LogP contribution is -2.56. The Bertz CT molecular complexity index is 498. The van der Waals surface area contributed by atoms with Gasteiger partial charge in [-0.15, -0.1) is 0 Å². The van der Waals surface area contributed by atoms with E-state index in [0.29, 0.717) is 18.4 Å². The summed E-state index contributed by atoms with van der Waals surface area (Å²) in [6.45, 7) is 13.5. The maximum Gasteiger partial charge on any atom is 0.333 e. The highest BCUT2D eigenvalue weighted by atomic mass is 16.5. The fourth-order valence-corrected chi connectivity index (χ4v) is 2.50. The standard InChI is InChI=1S/C18H32BN2O4/c1-9-25-17(24)13(4)10-14(12(2)3)21(8)16(23)15(18(5,6)7)20-19-11-22/h10-12,14-15,20H,9H2,1-8H3/t14-,15?/m1/s1. The van der Waals surface area contributed by atoms with E-state index in [0.717, 1.165) is 0 Å². The van der Waals surface area contributed by atoms with E-state index in [1.807, 2.05) is 34.6 Å². The van der Waals surface area contributed by atoms with E-state index in [1.165, 1.54) is 7.41 Å². The number of esters is 1. The van der Waals surface area contributed by atoms with E-state index in [4.69, 9.17) is 4.74 Å². The summed E-state index contributed by atoms with van der Waals surface area (Å²) >= 11 is 0. The van der Waals surface area contributed by atoms with E-state index in [9.17, 15) is 14.4 Å². The van der Waals surface area contributed by atoms with Gasteiger partial charge in [-0.2, -0.15) is 0 Å². The Kier molecular flexibility index (Phi) is 9.71. The molecule has 0 aliphatic heterocycles. The minimum atomic E-state index is -0.555. The number of carbonyl (C=O) groups is 3. The molecule has 0 bridgehead atoms. The van der Waals surface area contributed by atoms with Crippen LogP contribution in [0.15, 0.2) is 11.6 Å². The van der Waals surface area contributed by atoms with Crippen molar-refractivity contribution in [3.63, 3.8) is 0 Å². The summed E-state index contributed by atoms with van der Waals surface area (Å²) in [6, 6.07) is -0.819. The van der Waals surface area contributed by atoms with Crippen LogP contribution in [0.2, 0.25) is 0 Å². The van der Waals surface area contributed by atoms with Gasteiger partial charge in [0.1, 0.15) is 0 Å². The van der Waals surface area contributed by atoms with Crippen molar-refractivity contribution >= 4 is 25.5 Å². The summed E-state index contributed by atoms with van der Waals surface area (Å²) < 4.78 is 5.01. The molecular formula is C18H32BN2O4. The lowest BCUT2D eigenvalue weighted by atomic mass is 9.81. The topological polar surface area (TPSA) is 75.7 Å².